The van der Waals surface area contributed by atoms with Crippen LogP contribution in [0.25, 0.3) is 0 Å². The van der Waals surface area contributed by atoms with Gasteiger partial charge in [0, 0.05) is 22.6 Å². The number of rotatable bonds is 6. The van der Waals surface area contributed by atoms with Crippen molar-refractivity contribution in [3.05, 3.63) is 101 Å². The van der Waals surface area contributed by atoms with Crippen LogP contribution in [0.5, 0.6) is 0 Å². The van der Waals surface area contributed by atoms with E-state index in [9.17, 15) is 0 Å². The van der Waals surface area contributed by atoms with Crippen molar-refractivity contribution < 1.29 is 0 Å². The molecule has 2 N–H and O–H groups in total. The van der Waals surface area contributed by atoms with Crippen LogP contribution >= 0.6 is 28.1 Å². The topological polar surface area (TPSA) is 24.1 Å². The van der Waals surface area contributed by atoms with Crippen LogP contribution in [0.1, 0.15) is 23.5 Å². The molecule has 0 saturated heterocycles. The molecule has 0 aromatic heterocycles. The molecule has 3 aromatic carbocycles. The molecule has 2 nitrogen and oxygen atoms in total. The fourth-order valence-corrected chi connectivity index (χ4v) is 3.42. The Balaban J connectivity index is 1.59. The van der Waals surface area contributed by atoms with Crippen molar-refractivity contribution in [1.29, 1.82) is 0 Å². The second kappa shape index (κ2) is 9.51. The van der Waals surface area contributed by atoms with Gasteiger partial charge in [0.1, 0.15) is 0 Å². The number of thiocarbonyl (C=S) groups is 1. The van der Waals surface area contributed by atoms with E-state index in [0.29, 0.717) is 11.0 Å². The van der Waals surface area contributed by atoms with Gasteiger partial charge in [-0.05, 0) is 54.0 Å². The molecule has 26 heavy (non-hydrogen) atoms. The minimum atomic E-state index is 0.348. The zero-order valence-corrected chi connectivity index (χ0v) is 16.8. The van der Waals surface area contributed by atoms with Gasteiger partial charge in [0.2, 0.25) is 0 Å². The van der Waals surface area contributed by atoms with E-state index >= 15 is 0 Å². The summed E-state index contributed by atoms with van der Waals surface area (Å²) in [5, 5.41) is 7.19. The highest BCUT2D eigenvalue weighted by Gasteiger charge is 2.13. The average molecular weight is 425 g/mol. The first-order valence-corrected chi connectivity index (χ1v) is 9.83. The highest BCUT2D eigenvalue weighted by molar-refractivity contribution is 9.10. The van der Waals surface area contributed by atoms with Crippen LogP contribution in [-0.4, -0.2) is 11.7 Å². The molecule has 0 unspecified atom stereocenters. The molecular weight excluding hydrogens is 404 g/mol. The van der Waals surface area contributed by atoms with E-state index in [1.54, 1.807) is 0 Å². The first kappa shape index (κ1) is 18.6. The quantitative estimate of drug-likeness (QED) is 0.477. The van der Waals surface area contributed by atoms with E-state index in [0.717, 1.165) is 23.1 Å². The van der Waals surface area contributed by atoms with Crippen molar-refractivity contribution in [2.24, 2.45) is 0 Å². The second-order valence-corrected chi connectivity index (χ2v) is 7.37. The molecule has 3 rings (SSSR count). The Morgan fingerprint density at radius 3 is 1.88 bits per heavy atom. The maximum absolute atomic E-state index is 5.42. The van der Waals surface area contributed by atoms with Gasteiger partial charge >= 0.3 is 0 Å². The third-order valence-electron chi connectivity index (χ3n) is 4.22. The summed E-state index contributed by atoms with van der Waals surface area (Å²) in [6.07, 6.45) is 0.968. The van der Waals surface area contributed by atoms with Crippen molar-refractivity contribution in [3.63, 3.8) is 0 Å². The highest BCUT2D eigenvalue weighted by Crippen LogP contribution is 2.27. The zero-order chi connectivity index (χ0) is 18.2. The Bertz CT molecular complexity index is 780. The first-order chi connectivity index (χ1) is 12.7. The Kier molecular flexibility index (Phi) is 6.81. The minimum Gasteiger partial charge on any atom is -0.362 e. The average Bonchev–Trinajstić information content (AvgIpc) is 2.68. The maximum atomic E-state index is 5.42. The van der Waals surface area contributed by atoms with Gasteiger partial charge in [-0.15, -0.1) is 0 Å². The summed E-state index contributed by atoms with van der Waals surface area (Å²) in [5.74, 6) is 0.348. The summed E-state index contributed by atoms with van der Waals surface area (Å²) in [5.41, 5.74) is 3.63. The summed E-state index contributed by atoms with van der Waals surface area (Å²) in [7, 11) is 0. The smallest absolute Gasteiger partial charge is 0.170 e. The van der Waals surface area contributed by atoms with Crippen LogP contribution in [-0.2, 0) is 0 Å². The molecular formula is C22H21BrN2S. The Hall–Kier alpha value is -2.17. The highest BCUT2D eigenvalue weighted by atomic mass is 79.9. The molecule has 0 aliphatic heterocycles. The molecule has 4 heteroatoms. The van der Waals surface area contributed by atoms with Crippen LogP contribution in [0.3, 0.4) is 0 Å². The molecule has 3 aromatic rings. The minimum absolute atomic E-state index is 0.348. The largest absolute Gasteiger partial charge is 0.362 e. The molecule has 0 aliphatic rings. The van der Waals surface area contributed by atoms with Crippen molar-refractivity contribution in [3.8, 4) is 0 Å². The van der Waals surface area contributed by atoms with Crippen LogP contribution in [0.2, 0.25) is 0 Å². The lowest BCUT2D eigenvalue weighted by Crippen LogP contribution is -2.30. The molecule has 0 spiro atoms. The molecule has 0 amide bonds. The normalized spacial score (nSPS) is 10.5. The number of hydrogen-bond acceptors (Lipinski definition) is 1. The third-order valence-corrected chi connectivity index (χ3v) is 5.00. The second-order valence-electron chi connectivity index (χ2n) is 6.05. The van der Waals surface area contributed by atoms with Crippen LogP contribution in [0.4, 0.5) is 5.69 Å². The van der Waals surface area contributed by atoms with Gasteiger partial charge in [-0.1, -0.05) is 76.6 Å². The lowest BCUT2D eigenvalue weighted by Gasteiger charge is -2.19. The summed E-state index contributed by atoms with van der Waals surface area (Å²) >= 11 is 8.86. The molecule has 0 saturated carbocycles. The van der Waals surface area contributed by atoms with Crippen molar-refractivity contribution >= 4 is 38.9 Å². The summed E-state index contributed by atoms with van der Waals surface area (Å²) in [6, 6.07) is 29.2. The van der Waals surface area contributed by atoms with E-state index in [4.69, 9.17) is 12.2 Å². The van der Waals surface area contributed by atoms with Gasteiger partial charge in [0.15, 0.2) is 5.11 Å². The Morgan fingerprint density at radius 2 is 1.35 bits per heavy atom. The van der Waals surface area contributed by atoms with E-state index in [2.05, 4.69) is 87.2 Å². The molecule has 0 radical (unpaired) electrons. The fraction of sp³-hybridized carbons (Fsp3) is 0.136. The molecule has 0 heterocycles. The molecule has 0 bridgehead atoms. The van der Waals surface area contributed by atoms with E-state index in [1.807, 2.05) is 24.3 Å². The summed E-state index contributed by atoms with van der Waals surface area (Å²) in [6.45, 7) is 0.802. The van der Waals surface area contributed by atoms with Crippen molar-refractivity contribution in [2.75, 3.05) is 11.9 Å². The third kappa shape index (κ3) is 5.41. The summed E-state index contributed by atoms with van der Waals surface area (Å²) in [4.78, 5) is 0. The molecule has 0 aliphatic carbocycles. The van der Waals surface area contributed by atoms with Crippen molar-refractivity contribution in [1.82, 2.24) is 5.32 Å². The standard InChI is InChI=1S/C22H21BrN2S/c23-19-11-13-20(14-12-19)25-22(26)24-16-15-21(17-7-3-1-4-8-17)18-9-5-2-6-10-18/h1-14,21H,15-16H2,(H2,24,25,26). The number of halogens is 1. The van der Waals surface area contributed by atoms with E-state index in [-0.39, 0.29) is 0 Å². The van der Waals surface area contributed by atoms with E-state index in [1.165, 1.54) is 11.1 Å². The predicted octanol–water partition coefficient (Wildman–Crippen LogP) is 5.96. The number of anilines is 1. The molecule has 0 fully saturated rings. The van der Waals surface area contributed by atoms with Gasteiger partial charge in [0.05, 0.1) is 0 Å². The summed E-state index contributed by atoms with van der Waals surface area (Å²) < 4.78 is 1.05. The van der Waals surface area contributed by atoms with Gasteiger partial charge in [-0.3, -0.25) is 0 Å². The van der Waals surface area contributed by atoms with Gasteiger partial charge in [0.25, 0.3) is 0 Å². The van der Waals surface area contributed by atoms with Crippen LogP contribution < -0.4 is 10.6 Å². The monoisotopic (exact) mass is 424 g/mol. The molecule has 132 valence electrons. The zero-order valence-electron chi connectivity index (χ0n) is 14.4. The Labute approximate surface area is 168 Å². The maximum Gasteiger partial charge on any atom is 0.170 e. The number of benzene rings is 3. The van der Waals surface area contributed by atoms with Crippen molar-refractivity contribution in [2.45, 2.75) is 12.3 Å². The Morgan fingerprint density at radius 1 is 0.808 bits per heavy atom. The number of nitrogens with one attached hydrogen (secondary N) is 2. The van der Waals surface area contributed by atoms with E-state index < -0.39 is 0 Å². The lowest BCUT2D eigenvalue weighted by atomic mass is 9.88. The van der Waals surface area contributed by atoms with Gasteiger partial charge < -0.3 is 10.6 Å². The van der Waals surface area contributed by atoms with Gasteiger partial charge in [-0.25, -0.2) is 0 Å². The van der Waals surface area contributed by atoms with Crippen LogP contribution in [0, 0.1) is 0 Å². The lowest BCUT2D eigenvalue weighted by molar-refractivity contribution is 0.694. The predicted molar refractivity (Wildman–Crippen MR) is 118 cm³/mol. The van der Waals surface area contributed by atoms with Gasteiger partial charge in [-0.2, -0.15) is 0 Å². The SMILES string of the molecule is S=C(NCCC(c1ccccc1)c1ccccc1)Nc1ccc(Br)cc1. The molecule has 0 atom stereocenters. The number of hydrogen-bond donors (Lipinski definition) is 2. The first-order valence-electron chi connectivity index (χ1n) is 8.62. The van der Waals surface area contributed by atoms with Crippen LogP contribution in [0.15, 0.2) is 89.4 Å². The fourth-order valence-electron chi connectivity index (χ4n) is 2.94.